The topological polar surface area (TPSA) is 37.3 Å². The fourth-order valence-corrected chi connectivity index (χ4v) is 2.29. The van der Waals surface area contributed by atoms with Crippen LogP contribution in [0.5, 0.6) is 0 Å². The summed E-state index contributed by atoms with van der Waals surface area (Å²) in [5, 5.41) is 8.88. The van der Waals surface area contributed by atoms with Crippen LogP contribution in [0.25, 0.3) is 11.1 Å². The van der Waals surface area contributed by atoms with Crippen molar-refractivity contribution in [3.8, 4) is 11.1 Å². The second-order valence-electron chi connectivity index (χ2n) is 4.94. The molecule has 0 saturated carbocycles. The smallest absolute Gasteiger partial charge is 0.303 e. The van der Waals surface area contributed by atoms with Crippen LogP contribution in [0.3, 0.4) is 0 Å². The predicted molar refractivity (Wildman–Crippen MR) is 77.3 cm³/mol. The Morgan fingerprint density at radius 3 is 2.58 bits per heavy atom. The van der Waals surface area contributed by atoms with Gasteiger partial charge in [-0.05, 0) is 35.1 Å². The second kappa shape index (κ2) is 5.70. The highest BCUT2D eigenvalue weighted by Gasteiger charge is 2.11. The Morgan fingerprint density at radius 1 is 1.16 bits per heavy atom. The predicted octanol–water partition coefficient (Wildman–Crippen LogP) is 4.24. The van der Waals surface area contributed by atoms with Gasteiger partial charge in [0.25, 0.3) is 0 Å². The molecule has 0 aliphatic carbocycles. The maximum Gasteiger partial charge on any atom is 0.303 e. The summed E-state index contributed by atoms with van der Waals surface area (Å²) >= 11 is 0. The number of carbonyl (C=O) groups is 1. The third-order valence-electron chi connectivity index (χ3n) is 3.39. The van der Waals surface area contributed by atoms with Gasteiger partial charge in [0.2, 0.25) is 0 Å². The summed E-state index contributed by atoms with van der Waals surface area (Å²) < 4.78 is 0. The highest BCUT2D eigenvalue weighted by atomic mass is 16.4. The van der Waals surface area contributed by atoms with Crippen molar-refractivity contribution < 1.29 is 9.90 Å². The molecule has 0 aliphatic heterocycles. The molecule has 0 spiro atoms. The number of carboxylic acids is 1. The molecule has 2 heteroatoms. The lowest BCUT2D eigenvalue weighted by molar-refractivity contribution is -0.137. The largest absolute Gasteiger partial charge is 0.481 e. The van der Waals surface area contributed by atoms with Gasteiger partial charge in [-0.25, -0.2) is 0 Å². The van der Waals surface area contributed by atoms with E-state index in [4.69, 9.17) is 5.11 Å². The van der Waals surface area contributed by atoms with Crippen molar-refractivity contribution in [1.29, 1.82) is 0 Å². The van der Waals surface area contributed by atoms with E-state index in [2.05, 4.69) is 31.2 Å². The maximum atomic E-state index is 10.8. The van der Waals surface area contributed by atoms with Crippen molar-refractivity contribution in [3.63, 3.8) is 0 Å². The van der Waals surface area contributed by atoms with E-state index in [-0.39, 0.29) is 12.3 Å². The van der Waals surface area contributed by atoms with Crippen molar-refractivity contribution >= 4 is 5.97 Å². The Morgan fingerprint density at radius 2 is 1.89 bits per heavy atom. The molecule has 2 rings (SSSR count). The quantitative estimate of drug-likeness (QED) is 0.886. The van der Waals surface area contributed by atoms with E-state index in [9.17, 15) is 4.79 Å². The van der Waals surface area contributed by atoms with E-state index in [0.717, 1.165) is 11.1 Å². The first-order valence-corrected chi connectivity index (χ1v) is 6.45. The standard InChI is InChI=1S/C17H18O2/c1-12-6-3-4-9-16(12)15-8-5-7-14(11-15)13(2)10-17(18)19/h3-9,11,13H,10H2,1-2H3,(H,18,19). The number of benzene rings is 2. The van der Waals surface area contributed by atoms with E-state index >= 15 is 0 Å². The number of aryl methyl sites for hydroxylation is 1. The molecule has 0 radical (unpaired) electrons. The van der Waals surface area contributed by atoms with Crippen LogP contribution in [0.2, 0.25) is 0 Å². The van der Waals surface area contributed by atoms with Crippen LogP contribution >= 0.6 is 0 Å². The molecule has 0 amide bonds. The van der Waals surface area contributed by atoms with E-state index in [0.29, 0.717) is 0 Å². The van der Waals surface area contributed by atoms with Gasteiger partial charge in [-0.2, -0.15) is 0 Å². The Balaban J connectivity index is 2.34. The van der Waals surface area contributed by atoms with E-state index in [1.54, 1.807) is 0 Å². The number of rotatable bonds is 4. The third kappa shape index (κ3) is 3.22. The van der Waals surface area contributed by atoms with Gasteiger partial charge in [-0.15, -0.1) is 0 Å². The van der Waals surface area contributed by atoms with E-state index in [1.807, 2.05) is 31.2 Å². The number of hydrogen-bond donors (Lipinski definition) is 1. The lowest BCUT2D eigenvalue weighted by Crippen LogP contribution is -2.02. The summed E-state index contributed by atoms with van der Waals surface area (Å²) in [6.45, 7) is 4.04. The minimum atomic E-state index is -0.756. The van der Waals surface area contributed by atoms with Crippen LogP contribution in [0.1, 0.15) is 30.4 Å². The summed E-state index contributed by atoms with van der Waals surface area (Å²) in [6, 6.07) is 16.4. The SMILES string of the molecule is Cc1ccccc1-c1cccc(C(C)CC(=O)O)c1. The summed E-state index contributed by atoms with van der Waals surface area (Å²) in [5.41, 5.74) is 4.65. The Bertz CT molecular complexity index is 587. The first-order valence-electron chi connectivity index (χ1n) is 6.45. The molecule has 0 aromatic heterocycles. The zero-order chi connectivity index (χ0) is 13.8. The lowest BCUT2D eigenvalue weighted by atomic mass is 9.93. The number of carboxylic acid groups (broad SMARTS) is 1. The molecule has 0 saturated heterocycles. The highest BCUT2D eigenvalue weighted by Crippen LogP contribution is 2.27. The van der Waals surface area contributed by atoms with Crippen LogP contribution in [0.4, 0.5) is 0 Å². The average molecular weight is 254 g/mol. The molecule has 2 aromatic rings. The number of hydrogen-bond acceptors (Lipinski definition) is 1. The van der Waals surface area contributed by atoms with Crippen molar-refractivity contribution in [2.75, 3.05) is 0 Å². The summed E-state index contributed by atoms with van der Waals surface area (Å²) in [5.74, 6) is -0.727. The van der Waals surface area contributed by atoms with Crippen molar-refractivity contribution in [2.24, 2.45) is 0 Å². The van der Waals surface area contributed by atoms with Gasteiger partial charge in [0.1, 0.15) is 0 Å². The van der Waals surface area contributed by atoms with Crippen LogP contribution in [-0.2, 0) is 4.79 Å². The van der Waals surface area contributed by atoms with Crippen LogP contribution in [0, 0.1) is 6.92 Å². The first kappa shape index (κ1) is 13.3. The molecule has 1 N–H and O–H groups in total. The van der Waals surface area contributed by atoms with Crippen molar-refractivity contribution in [3.05, 3.63) is 59.7 Å². The van der Waals surface area contributed by atoms with Crippen LogP contribution in [-0.4, -0.2) is 11.1 Å². The summed E-state index contributed by atoms with van der Waals surface area (Å²) in [7, 11) is 0. The molecule has 1 atom stereocenters. The maximum absolute atomic E-state index is 10.8. The molecule has 0 aliphatic rings. The number of aliphatic carboxylic acids is 1. The molecule has 0 heterocycles. The molecular formula is C17H18O2. The molecule has 2 nitrogen and oxygen atoms in total. The normalized spacial score (nSPS) is 12.1. The first-order chi connectivity index (χ1) is 9.08. The van der Waals surface area contributed by atoms with Gasteiger partial charge in [0, 0.05) is 0 Å². The average Bonchev–Trinajstić information content (AvgIpc) is 2.38. The Hall–Kier alpha value is -2.09. The zero-order valence-corrected chi connectivity index (χ0v) is 11.3. The minimum Gasteiger partial charge on any atom is -0.481 e. The van der Waals surface area contributed by atoms with Gasteiger partial charge in [-0.3, -0.25) is 4.79 Å². The summed E-state index contributed by atoms with van der Waals surface area (Å²) in [6.07, 6.45) is 0.164. The van der Waals surface area contributed by atoms with Gasteiger partial charge in [-0.1, -0.05) is 55.5 Å². The second-order valence-corrected chi connectivity index (χ2v) is 4.94. The zero-order valence-electron chi connectivity index (χ0n) is 11.3. The van der Waals surface area contributed by atoms with Gasteiger partial charge >= 0.3 is 5.97 Å². The Labute approximate surface area is 113 Å². The Kier molecular flexibility index (Phi) is 4.00. The lowest BCUT2D eigenvalue weighted by Gasteiger charge is -2.12. The van der Waals surface area contributed by atoms with Gasteiger partial charge < -0.3 is 5.11 Å². The van der Waals surface area contributed by atoms with Gasteiger partial charge in [0.05, 0.1) is 6.42 Å². The molecule has 0 fully saturated rings. The summed E-state index contributed by atoms with van der Waals surface area (Å²) in [4.78, 5) is 10.8. The molecule has 0 bridgehead atoms. The minimum absolute atomic E-state index is 0.0291. The monoisotopic (exact) mass is 254 g/mol. The van der Waals surface area contributed by atoms with Crippen LogP contribution in [0.15, 0.2) is 48.5 Å². The molecule has 19 heavy (non-hydrogen) atoms. The van der Waals surface area contributed by atoms with Crippen molar-refractivity contribution in [1.82, 2.24) is 0 Å². The molecular weight excluding hydrogens is 236 g/mol. The van der Waals surface area contributed by atoms with E-state index in [1.165, 1.54) is 11.1 Å². The fourth-order valence-electron chi connectivity index (χ4n) is 2.29. The van der Waals surface area contributed by atoms with Crippen molar-refractivity contribution in [2.45, 2.75) is 26.2 Å². The highest BCUT2D eigenvalue weighted by molar-refractivity contribution is 5.70. The van der Waals surface area contributed by atoms with E-state index < -0.39 is 5.97 Å². The van der Waals surface area contributed by atoms with Gasteiger partial charge in [0.15, 0.2) is 0 Å². The molecule has 2 aromatic carbocycles. The fraction of sp³-hybridized carbons (Fsp3) is 0.235. The molecule has 98 valence electrons. The third-order valence-corrected chi connectivity index (χ3v) is 3.39. The van der Waals surface area contributed by atoms with Crippen LogP contribution < -0.4 is 0 Å². The molecule has 1 unspecified atom stereocenters.